The van der Waals surface area contributed by atoms with Crippen LogP contribution in [0.5, 0.6) is 0 Å². The van der Waals surface area contributed by atoms with Crippen molar-refractivity contribution < 1.29 is 9.90 Å². The van der Waals surface area contributed by atoms with Crippen molar-refractivity contribution in [2.75, 3.05) is 6.54 Å². The smallest absolute Gasteiger partial charge is 0.304 e. The first-order valence-electron chi connectivity index (χ1n) is 6.46. The van der Waals surface area contributed by atoms with E-state index < -0.39 is 5.97 Å². The monoisotopic (exact) mass is 249 g/mol. The summed E-state index contributed by atoms with van der Waals surface area (Å²) in [6, 6.07) is 6.50. The summed E-state index contributed by atoms with van der Waals surface area (Å²) in [6.45, 7) is 9.92. The molecule has 1 N–H and O–H groups in total. The maximum Gasteiger partial charge on any atom is 0.304 e. The molecule has 1 aromatic rings. The molecule has 1 rings (SSSR count). The Kier molecular flexibility index (Phi) is 5.35. The van der Waals surface area contributed by atoms with Gasteiger partial charge in [-0.3, -0.25) is 9.69 Å². The van der Waals surface area contributed by atoms with Gasteiger partial charge in [-0.1, -0.05) is 25.1 Å². The second-order valence-electron chi connectivity index (χ2n) is 4.93. The van der Waals surface area contributed by atoms with Crippen molar-refractivity contribution in [2.45, 2.75) is 46.7 Å². The Morgan fingerprint density at radius 3 is 2.50 bits per heavy atom. The Morgan fingerprint density at radius 1 is 1.33 bits per heavy atom. The van der Waals surface area contributed by atoms with Crippen LogP contribution in [0.4, 0.5) is 0 Å². The van der Waals surface area contributed by atoms with E-state index >= 15 is 0 Å². The number of carbonyl (C=O) groups is 1. The highest BCUT2D eigenvalue weighted by molar-refractivity contribution is 5.67. The van der Waals surface area contributed by atoms with Crippen LogP contribution in [0.25, 0.3) is 0 Å². The molecule has 1 atom stereocenters. The quantitative estimate of drug-likeness (QED) is 0.842. The van der Waals surface area contributed by atoms with Gasteiger partial charge in [0.2, 0.25) is 0 Å². The zero-order valence-corrected chi connectivity index (χ0v) is 11.7. The van der Waals surface area contributed by atoms with Gasteiger partial charge in [0.25, 0.3) is 0 Å². The number of nitrogens with zero attached hydrogens (tertiary/aromatic N) is 1. The maximum atomic E-state index is 10.8. The molecule has 0 aliphatic rings. The Labute approximate surface area is 109 Å². The van der Waals surface area contributed by atoms with E-state index in [1.807, 2.05) is 6.92 Å². The minimum Gasteiger partial charge on any atom is -0.481 e. The van der Waals surface area contributed by atoms with Crippen LogP contribution in [0.15, 0.2) is 18.2 Å². The van der Waals surface area contributed by atoms with Crippen molar-refractivity contribution in [1.82, 2.24) is 4.90 Å². The fraction of sp³-hybridized carbons (Fsp3) is 0.533. The molecule has 0 aromatic heterocycles. The number of benzene rings is 1. The van der Waals surface area contributed by atoms with Gasteiger partial charge in [-0.15, -0.1) is 0 Å². The van der Waals surface area contributed by atoms with Crippen LogP contribution in [0.2, 0.25) is 0 Å². The van der Waals surface area contributed by atoms with Gasteiger partial charge < -0.3 is 5.11 Å². The molecule has 0 radical (unpaired) electrons. The molecular weight excluding hydrogens is 226 g/mol. The first-order valence-corrected chi connectivity index (χ1v) is 6.46. The molecule has 1 unspecified atom stereocenters. The van der Waals surface area contributed by atoms with E-state index in [0.29, 0.717) is 0 Å². The van der Waals surface area contributed by atoms with Crippen LogP contribution in [-0.4, -0.2) is 28.6 Å². The first kappa shape index (κ1) is 14.7. The van der Waals surface area contributed by atoms with Crippen molar-refractivity contribution in [3.8, 4) is 0 Å². The Balaban J connectivity index is 2.72. The Hall–Kier alpha value is -1.35. The van der Waals surface area contributed by atoms with E-state index in [2.05, 4.69) is 43.9 Å². The molecule has 0 saturated carbocycles. The van der Waals surface area contributed by atoms with Gasteiger partial charge in [-0.25, -0.2) is 0 Å². The summed E-state index contributed by atoms with van der Waals surface area (Å²) in [7, 11) is 0. The first-order chi connectivity index (χ1) is 8.43. The third kappa shape index (κ3) is 4.15. The summed E-state index contributed by atoms with van der Waals surface area (Å²) in [6.07, 6.45) is 0.193. The molecule has 0 bridgehead atoms. The minimum atomic E-state index is -0.735. The van der Waals surface area contributed by atoms with Crippen LogP contribution >= 0.6 is 0 Å². The van der Waals surface area contributed by atoms with Gasteiger partial charge >= 0.3 is 5.97 Å². The number of aryl methyl sites for hydroxylation is 2. The van der Waals surface area contributed by atoms with E-state index in [-0.39, 0.29) is 12.5 Å². The number of rotatable bonds is 6. The highest BCUT2D eigenvalue weighted by Gasteiger charge is 2.15. The van der Waals surface area contributed by atoms with Crippen molar-refractivity contribution in [1.29, 1.82) is 0 Å². The Bertz CT molecular complexity index is 415. The predicted octanol–water partition coefficient (Wildman–Crippen LogP) is 2.99. The fourth-order valence-electron chi connectivity index (χ4n) is 2.10. The van der Waals surface area contributed by atoms with Gasteiger partial charge in [-0.05, 0) is 44.0 Å². The lowest BCUT2D eigenvalue weighted by Crippen LogP contribution is -2.34. The number of hydrogen-bond donors (Lipinski definition) is 1. The van der Waals surface area contributed by atoms with Gasteiger partial charge in [0.15, 0.2) is 0 Å². The molecule has 3 nitrogen and oxygen atoms in total. The molecule has 0 aliphatic carbocycles. The van der Waals surface area contributed by atoms with Gasteiger partial charge in [-0.2, -0.15) is 0 Å². The molecule has 0 fully saturated rings. The SMILES string of the molecule is CCN(Cc1ccc(C)c(C)c1)C(C)CC(=O)O. The third-order valence-corrected chi connectivity index (χ3v) is 3.46. The van der Waals surface area contributed by atoms with Gasteiger partial charge in [0, 0.05) is 12.6 Å². The summed E-state index contributed by atoms with van der Waals surface area (Å²) in [4.78, 5) is 12.9. The number of hydrogen-bond acceptors (Lipinski definition) is 2. The molecule has 0 saturated heterocycles. The molecule has 0 spiro atoms. The van der Waals surface area contributed by atoms with E-state index in [9.17, 15) is 4.79 Å². The lowest BCUT2D eigenvalue weighted by molar-refractivity contribution is -0.138. The van der Waals surface area contributed by atoms with Crippen molar-refractivity contribution in [2.24, 2.45) is 0 Å². The lowest BCUT2D eigenvalue weighted by atomic mass is 10.1. The summed E-state index contributed by atoms with van der Waals surface area (Å²) < 4.78 is 0. The van der Waals surface area contributed by atoms with Crippen LogP contribution in [0.3, 0.4) is 0 Å². The van der Waals surface area contributed by atoms with Crippen LogP contribution < -0.4 is 0 Å². The highest BCUT2D eigenvalue weighted by Crippen LogP contribution is 2.14. The van der Waals surface area contributed by atoms with E-state index in [1.165, 1.54) is 16.7 Å². The fourth-order valence-corrected chi connectivity index (χ4v) is 2.10. The van der Waals surface area contributed by atoms with Crippen molar-refractivity contribution in [3.63, 3.8) is 0 Å². The van der Waals surface area contributed by atoms with Gasteiger partial charge in [0.1, 0.15) is 0 Å². The standard InChI is InChI=1S/C15H23NO2/c1-5-16(13(4)9-15(17)18)10-14-7-6-11(2)12(3)8-14/h6-8,13H,5,9-10H2,1-4H3,(H,17,18). The highest BCUT2D eigenvalue weighted by atomic mass is 16.4. The summed E-state index contributed by atoms with van der Waals surface area (Å²) in [5.74, 6) is -0.735. The summed E-state index contributed by atoms with van der Waals surface area (Å²) in [5, 5.41) is 8.85. The van der Waals surface area contributed by atoms with Crippen molar-refractivity contribution >= 4 is 5.97 Å². The Morgan fingerprint density at radius 2 is 2.00 bits per heavy atom. The predicted molar refractivity (Wildman–Crippen MR) is 73.7 cm³/mol. The zero-order chi connectivity index (χ0) is 13.7. The molecule has 18 heavy (non-hydrogen) atoms. The molecule has 3 heteroatoms. The second kappa shape index (κ2) is 6.55. The average Bonchev–Trinajstić information content (AvgIpc) is 2.29. The van der Waals surface area contributed by atoms with E-state index in [1.54, 1.807) is 0 Å². The summed E-state index contributed by atoms with van der Waals surface area (Å²) >= 11 is 0. The molecule has 0 aliphatic heterocycles. The van der Waals surface area contributed by atoms with Crippen molar-refractivity contribution in [3.05, 3.63) is 34.9 Å². The van der Waals surface area contributed by atoms with Gasteiger partial charge in [0.05, 0.1) is 6.42 Å². The summed E-state index contributed by atoms with van der Waals surface area (Å²) in [5.41, 5.74) is 3.83. The maximum absolute atomic E-state index is 10.8. The molecular formula is C15H23NO2. The molecule has 100 valence electrons. The largest absolute Gasteiger partial charge is 0.481 e. The molecule has 0 amide bonds. The van der Waals surface area contributed by atoms with E-state index in [0.717, 1.165) is 13.1 Å². The lowest BCUT2D eigenvalue weighted by Gasteiger charge is -2.27. The third-order valence-electron chi connectivity index (χ3n) is 3.46. The number of aliphatic carboxylic acids is 1. The second-order valence-corrected chi connectivity index (χ2v) is 4.93. The molecule has 0 heterocycles. The molecule has 1 aromatic carbocycles. The van der Waals surface area contributed by atoms with E-state index in [4.69, 9.17) is 5.11 Å². The zero-order valence-electron chi connectivity index (χ0n) is 11.7. The van der Waals surface area contributed by atoms with Crippen LogP contribution in [0.1, 0.15) is 37.0 Å². The minimum absolute atomic E-state index is 0.0640. The van der Waals surface area contributed by atoms with Crippen LogP contribution in [0, 0.1) is 13.8 Å². The number of carboxylic acids is 1. The van der Waals surface area contributed by atoms with Crippen LogP contribution in [-0.2, 0) is 11.3 Å². The topological polar surface area (TPSA) is 40.5 Å². The number of carboxylic acid groups (broad SMARTS) is 1. The average molecular weight is 249 g/mol. The normalized spacial score (nSPS) is 12.7.